The quantitative estimate of drug-likeness (QED) is 0.877. The molecule has 5 nitrogen and oxygen atoms in total. The van der Waals surface area contributed by atoms with Crippen LogP contribution in [0.4, 0.5) is 0 Å². The summed E-state index contributed by atoms with van der Waals surface area (Å²) in [6.45, 7) is 0.411. The number of methoxy groups -OCH3 is 3. The van der Waals surface area contributed by atoms with E-state index in [4.69, 9.17) is 14.2 Å². The topological polar surface area (TPSA) is 56.8 Å². The summed E-state index contributed by atoms with van der Waals surface area (Å²) in [5, 5.41) is 3.03. The minimum absolute atomic E-state index is 0.0544. The van der Waals surface area contributed by atoms with E-state index < -0.39 is 0 Å². The van der Waals surface area contributed by atoms with Crippen LogP contribution in [0.25, 0.3) is 0 Å². The summed E-state index contributed by atoms with van der Waals surface area (Å²) in [6, 6.07) is 11.9. The highest BCUT2D eigenvalue weighted by atomic mass is 16.5. The third kappa shape index (κ3) is 3.40. The second-order valence-corrected chi connectivity index (χ2v) is 6.04. The first kappa shape index (κ1) is 17.1. The van der Waals surface area contributed by atoms with Crippen LogP contribution in [0, 0.1) is 0 Å². The van der Waals surface area contributed by atoms with E-state index in [0.29, 0.717) is 23.8 Å². The number of ether oxygens (including phenoxy) is 3. The van der Waals surface area contributed by atoms with Crippen molar-refractivity contribution in [1.29, 1.82) is 0 Å². The van der Waals surface area contributed by atoms with Crippen LogP contribution in [0.2, 0.25) is 0 Å². The van der Waals surface area contributed by atoms with E-state index in [1.165, 1.54) is 5.56 Å². The molecule has 1 aliphatic rings. The van der Waals surface area contributed by atoms with Gasteiger partial charge < -0.3 is 19.5 Å². The number of carbonyl (C=O) groups is 1. The van der Waals surface area contributed by atoms with Gasteiger partial charge in [-0.25, -0.2) is 0 Å². The molecule has 0 fully saturated rings. The Balaban J connectivity index is 1.73. The van der Waals surface area contributed by atoms with E-state index in [-0.39, 0.29) is 11.8 Å². The van der Waals surface area contributed by atoms with Gasteiger partial charge in [0.1, 0.15) is 0 Å². The number of hydrogen-bond donors (Lipinski definition) is 1. The maximum absolute atomic E-state index is 12.6. The maximum atomic E-state index is 12.6. The summed E-state index contributed by atoms with van der Waals surface area (Å²) < 4.78 is 16.0. The van der Waals surface area contributed by atoms with E-state index in [2.05, 4.69) is 11.4 Å². The van der Waals surface area contributed by atoms with Gasteiger partial charge in [-0.1, -0.05) is 24.3 Å². The minimum Gasteiger partial charge on any atom is -0.493 e. The lowest BCUT2D eigenvalue weighted by molar-refractivity contribution is -0.122. The van der Waals surface area contributed by atoms with Crippen molar-refractivity contribution >= 4 is 5.91 Å². The van der Waals surface area contributed by atoms with Gasteiger partial charge in [0.05, 0.1) is 27.2 Å². The Kier molecular flexibility index (Phi) is 5.12. The van der Waals surface area contributed by atoms with E-state index in [0.717, 1.165) is 24.0 Å². The molecule has 0 aliphatic heterocycles. The van der Waals surface area contributed by atoms with Crippen LogP contribution in [-0.4, -0.2) is 27.2 Å². The zero-order chi connectivity index (χ0) is 17.8. The van der Waals surface area contributed by atoms with Crippen molar-refractivity contribution in [3.05, 3.63) is 53.1 Å². The second-order valence-electron chi connectivity index (χ2n) is 6.04. The molecule has 1 amide bonds. The number of fused-ring (bicyclic) bond motifs is 1. The normalized spacial score (nSPS) is 15.4. The van der Waals surface area contributed by atoms with Crippen molar-refractivity contribution < 1.29 is 19.0 Å². The number of benzene rings is 2. The third-order valence-corrected chi connectivity index (χ3v) is 4.64. The molecule has 5 heteroatoms. The summed E-state index contributed by atoms with van der Waals surface area (Å²) in [4.78, 5) is 12.6. The number of amides is 1. The molecule has 2 aromatic rings. The Labute approximate surface area is 147 Å². The third-order valence-electron chi connectivity index (χ3n) is 4.64. The van der Waals surface area contributed by atoms with Gasteiger partial charge in [-0.05, 0) is 41.7 Å². The molecule has 3 rings (SSSR count). The molecule has 0 saturated heterocycles. The first-order valence-electron chi connectivity index (χ1n) is 8.32. The summed E-state index contributed by atoms with van der Waals surface area (Å²) in [5.74, 6) is 1.69. The van der Waals surface area contributed by atoms with Gasteiger partial charge in [-0.15, -0.1) is 0 Å². The molecule has 1 unspecified atom stereocenters. The van der Waals surface area contributed by atoms with Crippen molar-refractivity contribution in [2.24, 2.45) is 0 Å². The van der Waals surface area contributed by atoms with Gasteiger partial charge in [0.2, 0.25) is 11.7 Å². The number of aryl methyl sites for hydroxylation is 1. The number of hydrogen-bond acceptors (Lipinski definition) is 4. The van der Waals surface area contributed by atoms with E-state index >= 15 is 0 Å². The second kappa shape index (κ2) is 7.47. The highest BCUT2D eigenvalue weighted by Crippen LogP contribution is 2.38. The standard InChI is InChI=1S/C20H23NO4/c1-23-17-10-13(11-18(24-2)19(17)25-3)12-21-20(22)16-9-8-14-6-4-5-7-15(14)16/h4-7,10-11,16H,8-9,12H2,1-3H3,(H,21,22). The highest BCUT2D eigenvalue weighted by molar-refractivity contribution is 5.85. The zero-order valence-corrected chi connectivity index (χ0v) is 14.8. The van der Waals surface area contributed by atoms with Crippen LogP contribution in [0.1, 0.15) is 29.0 Å². The maximum Gasteiger partial charge on any atom is 0.227 e. The number of rotatable bonds is 6. The Bertz CT molecular complexity index is 747. The lowest BCUT2D eigenvalue weighted by atomic mass is 10.0. The number of carbonyl (C=O) groups excluding carboxylic acids is 1. The molecule has 25 heavy (non-hydrogen) atoms. The van der Waals surface area contributed by atoms with Crippen LogP contribution in [0.5, 0.6) is 17.2 Å². The fraction of sp³-hybridized carbons (Fsp3) is 0.350. The highest BCUT2D eigenvalue weighted by Gasteiger charge is 2.28. The van der Waals surface area contributed by atoms with Gasteiger partial charge in [0.15, 0.2) is 11.5 Å². The van der Waals surface area contributed by atoms with Crippen molar-refractivity contribution in [1.82, 2.24) is 5.32 Å². The molecule has 0 radical (unpaired) electrons. The largest absolute Gasteiger partial charge is 0.493 e. The molecule has 0 bridgehead atoms. The molecule has 2 aromatic carbocycles. The summed E-state index contributed by atoms with van der Waals surface area (Å²) >= 11 is 0. The first-order chi connectivity index (χ1) is 12.2. The van der Waals surface area contributed by atoms with E-state index in [1.807, 2.05) is 30.3 Å². The zero-order valence-electron chi connectivity index (χ0n) is 14.8. The van der Waals surface area contributed by atoms with Gasteiger partial charge in [-0.2, -0.15) is 0 Å². The summed E-state index contributed by atoms with van der Waals surface area (Å²) in [6.07, 6.45) is 1.82. The Hall–Kier alpha value is -2.69. The Morgan fingerprint density at radius 2 is 1.76 bits per heavy atom. The number of nitrogens with one attached hydrogen (secondary N) is 1. The predicted octanol–water partition coefficient (Wildman–Crippen LogP) is 3.06. The summed E-state index contributed by atoms with van der Waals surface area (Å²) in [5.41, 5.74) is 3.31. The average molecular weight is 341 g/mol. The first-order valence-corrected chi connectivity index (χ1v) is 8.32. The van der Waals surface area contributed by atoms with Crippen molar-refractivity contribution in [3.8, 4) is 17.2 Å². The monoisotopic (exact) mass is 341 g/mol. The smallest absolute Gasteiger partial charge is 0.227 e. The van der Waals surface area contributed by atoms with Crippen molar-refractivity contribution in [3.63, 3.8) is 0 Å². The molecule has 0 aromatic heterocycles. The lowest BCUT2D eigenvalue weighted by Gasteiger charge is -2.16. The Morgan fingerprint density at radius 1 is 1.08 bits per heavy atom. The van der Waals surface area contributed by atoms with E-state index in [9.17, 15) is 4.79 Å². The van der Waals surface area contributed by atoms with Crippen LogP contribution in [0.15, 0.2) is 36.4 Å². The van der Waals surface area contributed by atoms with Crippen LogP contribution in [-0.2, 0) is 17.8 Å². The molecule has 0 saturated carbocycles. The molecule has 1 aliphatic carbocycles. The fourth-order valence-electron chi connectivity index (χ4n) is 3.38. The SMILES string of the molecule is COc1cc(CNC(=O)C2CCc3ccccc32)cc(OC)c1OC. The molecule has 0 heterocycles. The van der Waals surface area contributed by atoms with Crippen molar-refractivity contribution in [2.75, 3.05) is 21.3 Å². The van der Waals surface area contributed by atoms with Gasteiger partial charge >= 0.3 is 0 Å². The lowest BCUT2D eigenvalue weighted by Crippen LogP contribution is -2.27. The van der Waals surface area contributed by atoms with Crippen molar-refractivity contribution in [2.45, 2.75) is 25.3 Å². The van der Waals surface area contributed by atoms with Crippen LogP contribution >= 0.6 is 0 Å². The van der Waals surface area contributed by atoms with Gasteiger partial charge in [0.25, 0.3) is 0 Å². The van der Waals surface area contributed by atoms with Crippen LogP contribution < -0.4 is 19.5 Å². The van der Waals surface area contributed by atoms with Gasteiger partial charge in [-0.3, -0.25) is 4.79 Å². The minimum atomic E-state index is -0.0711. The molecule has 0 spiro atoms. The molecule has 1 N–H and O–H groups in total. The van der Waals surface area contributed by atoms with E-state index in [1.54, 1.807) is 21.3 Å². The fourth-order valence-corrected chi connectivity index (χ4v) is 3.38. The van der Waals surface area contributed by atoms with Gasteiger partial charge in [0, 0.05) is 6.54 Å². The molecular weight excluding hydrogens is 318 g/mol. The molecule has 132 valence electrons. The predicted molar refractivity (Wildman–Crippen MR) is 95.4 cm³/mol. The molecule has 1 atom stereocenters. The molecular formula is C20H23NO4. The Morgan fingerprint density at radius 3 is 2.40 bits per heavy atom. The van der Waals surface area contributed by atoms with Crippen LogP contribution in [0.3, 0.4) is 0 Å². The average Bonchev–Trinajstić information content (AvgIpc) is 3.09. The summed E-state index contributed by atoms with van der Waals surface area (Å²) in [7, 11) is 4.73.